The van der Waals surface area contributed by atoms with Gasteiger partial charge in [0.2, 0.25) is 5.91 Å². The first-order chi connectivity index (χ1) is 13.2. The fourth-order valence-electron chi connectivity index (χ4n) is 4.20. The smallest absolute Gasteiger partial charge is 0.352 e. The van der Waals surface area contributed by atoms with Crippen molar-refractivity contribution in [3.05, 3.63) is 18.0 Å². The van der Waals surface area contributed by atoms with Gasteiger partial charge in [0.15, 0.2) is 0 Å². The molecule has 1 aliphatic carbocycles. The van der Waals surface area contributed by atoms with Crippen LogP contribution in [0.15, 0.2) is 12.4 Å². The second kappa shape index (κ2) is 8.53. The summed E-state index contributed by atoms with van der Waals surface area (Å²) in [6.45, 7) is 1.61. The molecule has 28 heavy (non-hydrogen) atoms. The molecule has 0 spiro atoms. The van der Waals surface area contributed by atoms with E-state index < -0.39 is 18.0 Å². The van der Waals surface area contributed by atoms with Crippen molar-refractivity contribution in [2.45, 2.75) is 44.7 Å². The number of hydrogen-bond acceptors (Lipinski definition) is 3. The number of rotatable bonds is 4. The topological polar surface area (TPSA) is 67.2 Å². The highest BCUT2D eigenvalue weighted by atomic mass is 19.4. The van der Waals surface area contributed by atoms with Gasteiger partial charge in [-0.2, -0.15) is 18.3 Å². The zero-order valence-electron chi connectivity index (χ0n) is 16.0. The lowest BCUT2D eigenvalue weighted by molar-refractivity contribution is -0.187. The molecule has 3 rings (SSSR count). The SMILES string of the molecule is Cn1cc(C(=O)NCC2CCN(C(=O)C3CCCC(C(F)(F)F)C3)CC2)cn1. The summed E-state index contributed by atoms with van der Waals surface area (Å²) in [4.78, 5) is 26.4. The van der Waals surface area contributed by atoms with Crippen molar-refractivity contribution in [1.29, 1.82) is 0 Å². The first kappa shape index (κ1) is 20.7. The van der Waals surface area contributed by atoms with Gasteiger partial charge >= 0.3 is 6.18 Å². The van der Waals surface area contributed by atoms with E-state index in [-0.39, 0.29) is 30.6 Å². The third kappa shape index (κ3) is 5.05. The van der Waals surface area contributed by atoms with E-state index in [9.17, 15) is 22.8 Å². The number of carbonyl (C=O) groups is 2. The molecule has 0 radical (unpaired) electrons. The number of aromatic nitrogens is 2. The molecule has 0 bridgehead atoms. The summed E-state index contributed by atoms with van der Waals surface area (Å²) in [7, 11) is 1.74. The summed E-state index contributed by atoms with van der Waals surface area (Å²) in [6.07, 6.45) is 1.49. The molecule has 1 aromatic heterocycles. The van der Waals surface area contributed by atoms with Gasteiger partial charge in [-0.1, -0.05) is 6.42 Å². The van der Waals surface area contributed by atoms with Crippen molar-refractivity contribution in [3.63, 3.8) is 0 Å². The number of nitrogens with one attached hydrogen (secondary N) is 1. The van der Waals surface area contributed by atoms with Crippen LogP contribution in [0.4, 0.5) is 13.2 Å². The molecule has 1 aromatic rings. The van der Waals surface area contributed by atoms with E-state index in [4.69, 9.17) is 0 Å². The number of alkyl halides is 3. The number of aryl methyl sites for hydroxylation is 1. The zero-order chi connectivity index (χ0) is 20.3. The number of hydrogen-bond donors (Lipinski definition) is 1. The van der Waals surface area contributed by atoms with Gasteiger partial charge in [0.25, 0.3) is 5.91 Å². The van der Waals surface area contributed by atoms with E-state index in [1.807, 2.05) is 0 Å². The second-order valence-electron chi connectivity index (χ2n) is 7.98. The van der Waals surface area contributed by atoms with Gasteiger partial charge in [0.1, 0.15) is 0 Å². The van der Waals surface area contributed by atoms with Crippen molar-refractivity contribution in [2.75, 3.05) is 19.6 Å². The standard InChI is InChI=1S/C19H27F3N4O2/c1-25-12-15(11-24-25)17(27)23-10-13-5-7-26(8-6-13)18(28)14-3-2-4-16(9-14)19(20,21)22/h11-14,16H,2-10H2,1H3,(H,23,27). The van der Waals surface area contributed by atoms with Crippen molar-refractivity contribution in [3.8, 4) is 0 Å². The summed E-state index contributed by atoms with van der Waals surface area (Å²) in [5.41, 5.74) is 0.506. The van der Waals surface area contributed by atoms with Crippen LogP contribution in [0.2, 0.25) is 0 Å². The molecule has 2 fully saturated rings. The van der Waals surface area contributed by atoms with Crippen LogP contribution in [0.1, 0.15) is 48.9 Å². The number of piperidine rings is 1. The summed E-state index contributed by atoms with van der Waals surface area (Å²) >= 11 is 0. The van der Waals surface area contributed by atoms with Gasteiger partial charge in [-0.15, -0.1) is 0 Å². The van der Waals surface area contributed by atoms with E-state index >= 15 is 0 Å². The zero-order valence-corrected chi connectivity index (χ0v) is 16.0. The van der Waals surface area contributed by atoms with Crippen LogP contribution in [0, 0.1) is 17.8 Å². The number of likely N-dealkylation sites (tertiary alicyclic amines) is 1. The average Bonchev–Trinajstić information content (AvgIpc) is 3.12. The Bertz CT molecular complexity index is 696. The largest absolute Gasteiger partial charge is 0.391 e. The summed E-state index contributed by atoms with van der Waals surface area (Å²) in [5.74, 6) is -1.91. The minimum absolute atomic E-state index is 0.0799. The van der Waals surface area contributed by atoms with Gasteiger partial charge in [0.05, 0.1) is 17.7 Å². The molecule has 2 aliphatic rings. The molecule has 2 amide bonds. The van der Waals surface area contributed by atoms with Gasteiger partial charge in [0, 0.05) is 38.8 Å². The maximum atomic E-state index is 13.0. The molecule has 1 saturated heterocycles. The van der Waals surface area contributed by atoms with Crippen LogP contribution in [0.5, 0.6) is 0 Å². The van der Waals surface area contributed by atoms with E-state index in [2.05, 4.69) is 10.4 Å². The summed E-state index contributed by atoms with van der Waals surface area (Å²) in [5, 5.41) is 6.86. The van der Waals surface area contributed by atoms with Gasteiger partial charge in [-0.3, -0.25) is 14.3 Å². The summed E-state index contributed by atoms with van der Waals surface area (Å²) in [6, 6.07) is 0. The molecule has 2 heterocycles. The predicted molar refractivity (Wildman–Crippen MR) is 96.3 cm³/mol. The van der Waals surface area contributed by atoms with Crippen LogP contribution in [0.3, 0.4) is 0 Å². The Balaban J connectivity index is 1.43. The Morgan fingerprint density at radius 2 is 1.93 bits per heavy atom. The highest BCUT2D eigenvalue weighted by Gasteiger charge is 2.44. The lowest BCUT2D eigenvalue weighted by atomic mass is 9.80. The van der Waals surface area contributed by atoms with E-state index in [0.717, 1.165) is 12.8 Å². The molecule has 1 saturated carbocycles. The monoisotopic (exact) mass is 400 g/mol. The van der Waals surface area contributed by atoms with Crippen LogP contribution in [-0.4, -0.2) is 52.3 Å². The molecular formula is C19H27F3N4O2. The Morgan fingerprint density at radius 1 is 1.21 bits per heavy atom. The quantitative estimate of drug-likeness (QED) is 0.845. The van der Waals surface area contributed by atoms with Crippen molar-refractivity contribution in [1.82, 2.24) is 20.0 Å². The van der Waals surface area contributed by atoms with E-state index in [0.29, 0.717) is 38.0 Å². The molecular weight excluding hydrogens is 373 g/mol. The first-order valence-corrected chi connectivity index (χ1v) is 9.86. The molecule has 156 valence electrons. The van der Waals surface area contributed by atoms with Crippen LogP contribution < -0.4 is 5.32 Å². The Hall–Kier alpha value is -2.06. The van der Waals surface area contributed by atoms with Gasteiger partial charge < -0.3 is 10.2 Å². The third-order valence-electron chi connectivity index (χ3n) is 5.93. The van der Waals surface area contributed by atoms with E-state index in [1.54, 1.807) is 22.8 Å². The average molecular weight is 400 g/mol. The Labute approximate surface area is 162 Å². The molecule has 2 unspecified atom stereocenters. The highest BCUT2D eigenvalue weighted by Crippen LogP contribution is 2.40. The van der Waals surface area contributed by atoms with Crippen LogP contribution >= 0.6 is 0 Å². The molecule has 1 N–H and O–H groups in total. The van der Waals surface area contributed by atoms with Crippen molar-refractivity contribution >= 4 is 11.8 Å². The number of carbonyl (C=O) groups excluding carboxylic acids is 2. The van der Waals surface area contributed by atoms with Crippen molar-refractivity contribution < 1.29 is 22.8 Å². The third-order valence-corrected chi connectivity index (χ3v) is 5.93. The van der Waals surface area contributed by atoms with Crippen molar-refractivity contribution in [2.24, 2.45) is 24.8 Å². The number of amides is 2. The fourth-order valence-corrected chi connectivity index (χ4v) is 4.20. The fraction of sp³-hybridized carbons (Fsp3) is 0.737. The minimum Gasteiger partial charge on any atom is -0.352 e. The molecule has 1 aliphatic heterocycles. The summed E-state index contributed by atoms with van der Waals surface area (Å²) < 4.78 is 40.5. The molecule has 2 atom stereocenters. The van der Waals surface area contributed by atoms with Crippen LogP contribution in [0.25, 0.3) is 0 Å². The van der Waals surface area contributed by atoms with E-state index in [1.165, 1.54) is 6.20 Å². The maximum absolute atomic E-state index is 13.0. The number of nitrogens with zero attached hydrogens (tertiary/aromatic N) is 3. The Morgan fingerprint density at radius 3 is 2.54 bits per heavy atom. The molecule has 9 heteroatoms. The highest BCUT2D eigenvalue weighted by molar-refractivity contribution is 5.93. The normalized spacial score (nSPS) is 24.2. The lowest BCUT2D eigenvalue weighted by Gasteiger charge is -2.37. The lowest BCUT2D eigenvalue weighted by Crippen LogP contribution is -2.45. The van der Waals surface area contributed by atoms with Gasteiger partial charge in [-0.05, 0) is 38.0 Å². The maximum Gasteiger partial charge on any atom is 0.391 e. The predicted octanol–water partition coefficient (Wildman–Crippen LogP) is 2.76. The Kier molecular flexibility index (Phi) is 6.30. The molecule has 6 nitrogen and oxygen atoms in total. The van der Waals surface area contributed by atoms with Gasteiger partial charge in [-0.25, -0.2) is 0 Å². The molecule has 0 aromatic carbocycles. The first-order valence-electron chi connectivity index (χ1n) is 9.86. The van der Waals surface area contributed by atoms with Crippen LogP contribution in [-0.2, 0) is 11.8 Å². The minimum atomic E-state index is -4.21. The number of halogens is 3. The second-order valence-corrected chi connectivity index (χ2v) is 7.98.